The van der Waals surface area contributed by atoms with Gasteiger partial charge in [-0.3, -0.25) is 4.79 Å². The van der Waals surface area contributed by atoms with Crippen molar-refractivity contribution in [3.05, 3.63) is 17.0 Å². The van der Waals surface area contributed by atoms with Crippen molar-refractivity contribution in [1.29, 1.82) is 0 Å². The molecule has 20 heavy (non-hydrogen) atoms. The van der Waals surface area contributed by atoms with Crippen molar-refractivity contribution in [1.82, 2.24) is 15.4 Å². The van der Waals surface area contributed by atoms with Gasteiger partial charge in [0.15, 0.2) is 0 Å². The summed E-state index contributed by atoms with van der Waals surface area (Å²) in [6.07, 6.45) is 0. The summed E-state index contributed by atoms with van der Waals surface area (Å²) in [5.74, 6) is 3.84. The molecule has 1 N–H and O–H groups in total. The molecule has 6 heteroatoms. The van der Waals surface area contributed by atoms with Gasteiger partial charge in [-0.2, -0.15) is 0 Å². The first-order chi connectivity index (χ1) is 9.65. The van der Waals surface area contributed by atoms with Gasteiger partial charge in [-0.1, -0.05) is 5.16 Å². The zero-order chi connectivity index (χ0) is 14.1. The number of rotatable bonds is 4. The molecular formula is C14H21N3O2S. The van der Waals surface area contributed by atoms with Crippen molar-refractivity contribution in [3.8, 4) is 0 Å². The predicted octanol–water partition coefficient (Wildman–Crippen LogP) is 1.20. The molecule has 0 unspecified atom stereocenters. The lowest BCUT2D eigenvalue weighted by Gasteiger charge is -2.17. The van der Waals surface area contributed by atoms with Gasteiger partial charge in [0.2, 0.25) is 5.91 Å². The number of carbonyl (C=O) groups excluding carboxylic acids is 1. The van der Waals surface area contributed by atoms with E-state index in [2.05, 4.69) is 10.5 Å². The minimum Gasteiger partial charge on any atom is -0.361 e. The Morgan fingerprint density at radius 3 is 2.70 bits per heavy atom. The monoisotopic (exact) mass is 295 g/mol. The fourth-order valence-electron chi connectivity index (χ4n) is 3.10. The lowest BCUT2D eigenvalue weighted by Crippen LogP contribution is -2.33. The molecule has 3 rings (SSSR count). The van der Waals surface area contributed by atoms with Gasteiger partial charge in [-0.05, 0) is 25.7 Å². The molecule has 3 heterocycles. The van der Waals surface area contributed by atoms with Crippen LogP contribution in [-0.4, -0.2) is 47.9 Å². The molecular weight excluding hydrogens is 274 g/mol. The third kappa shape index (κ3) is 2.72. The van der Waals surface area contributed by atoms with Gasteiger partial charge in [0.1, 0.15) is 5.76 Å². The smallest absolute Gasteiger partial charge is 0.232 e. The van der Waals surface area contributed by atoms with E-state index in [1.54, 1.807) is 11.8 Å². The minimum absolute atomic E-state index is 0.274. The van der Waals surface area contributed by atoms with Crippen molar-refractivity contribution < 1.29 is 9.32 Å². The van der Waals surface area contributed by atoms with E-state index < -0.39 is 0 Å². The maximum atomic E-state index is 12.2. The second-order valence-corrected chi connectivity index (χ2v) is 6.76. The lowest BCUT2D eigenvalue weighted by molar-refractivity contribution is -0.127. The van der Waals surface area contributed by atoms with Gasteiger partial charge in [0.05, 0.1) is 11.4 Å². The van der Waals surface area contributed by atoms with Crippen LogP contribution in [0, 0.1) is 25.7 Å². The number of aryl methyl sites for hydroxylation is 2. The van der Waals surface area contributed by atoms with E-state index >= 15 is 0 Å². The molecule has 2 aliphatic heterocycles. The Hall–Kier alpha value is -1.01. The maximum absolute atomic E-state index is 12.2. The third-order valence-electron chi connectivity index (χ3n) is 4.40. The quantitative estimate of drug-likeness (QED) is 0.904. The number of nitrogens with one attached hydrogen (secondary N) is 1. The number of nitrogens with zero attached hydrogens (tertiary/aromatic N) is 2. The molecule has 0 bridgehead atoms. The number of likely N-dealkylation sites (tertiary alicyclic amines) is 1. The molecule has 2 fully saturated rings. The normalized spacial score (nSPS) is 25.2. The molecule has 2 aliphatic rings. The molecule has 0 radical (unpaired) electrons. The van der Waals surface area contributed by atoms with Crippen LogP contribution in [0.15, 0.2) is 4.52 Å². The van der Waals surface area contributed by atoms with Crippen molar-refractivity contribution >= 4 is 17.7 Å². The predicted molar refractivity (Wildman–Crippen MR) is 78.6 cm³/mol. The number of hydrogen-bond acceptors (Lipinski definition) is 5. The van der Waals surface area contributed by atoms with Gasteiger partial charge in [-0.25, -0.2) is 0 Å². The van der Waals surface area contributed by atoms with Crippen LogP contribution in [0.25, 0.3) is 0 Å². The van der Waals surface area contributed by atoms with Crippen LogP contribution in [0.5, 0.6) is 0 Å². The van der Waals surface area contributed by atoms with E-state index in [-0.39, 0.29) is 5.91 Å². The molecule has 1 aromatic heterocycles. The van der Waals surface area contributed by atoms with Crippen LogP contribution in [0.2, 0.25) is 0 Å². The molecule has 1 aromatic rings. The first-order valence-electron chi connectivity index (χ1n) is 7.13. The van der Waals surface area contributed by atoms with Gasteiger partial charge >= 0.3 is 0 Å². The fourth-order valence-corrected chi connectivity index (χ4v) is 4.17. The Labute approximate surface area is 123 Å². The summed E-state index contributed by atoms with van der Waals surface area (Å²) in [5, 5.41) is 7.34. The highest BCUT2D eigenvalue weighted by atomic mass is 32.2. The van der Waals surface area contributed by atoms with Crippen molar-refractivity contribution in [2.75, 3.05) is 31.9 Å². The molecule has 110 valence electrons. The van der Waals surface area contributed by atoms with Crippen LogP contribution >= 0.6 is 11.8 Å². The average molecular weight is 295 g/mol. The number of amides is 1. The Balaban J connectivity index is 1.46. The first-order valence-corrected chi connectivity index (χ1v) is 8.28. The van der Waals surface area contributed by atoms with Crippen LogP contribution in [0.3, 0.4) is 0 Å². The zero-order valence-corrected chi connectivity index (χ0v) is 12.8. The van der Waals surface area contributed by atoms with E-state index in [1.165, 1.54) is 0 Å². The second kappa shape index (κ2) is 5.77. The summed E-state index contributed by atoms with van der Waals surface area (Å²) in [6.45, 7) is 7.88. The number of thioether (sulfide) groups is 1. The fraction of sp³-hybridized carbons (Fsp3) is 0.714. The topological polar surface area (TPSA) is 58.4 Å². The van der Waals surface area contributed by atoms with Gasteiger partial charge in [-0.15, -0.1) is 11.8 Å². The van der Waals surface area contributed by atoms with Crippen LogP contribution in [0.4, 0.5) is 0 Å². The Morgan fingerprint density at radius 2 is 2.10 bits per heavy atom. The van der Waals surface area contributed by atoms with Gasteiger partial charge in [0, 0.05) is 37.5 Å². The highest BCUT2D eigenvalue weighted by molar-refractivity contribution is 7.99. The summed E-state index contributed by atoms with van der Waals surface area (Å²) in [7, 11) is 0. The summed E-state index contributed by atoms with van der Waals surface area (Å²) >= 11 is 1.66. The summed E-state index contributed by atoms with van der Waals surface area (Å²) < 4.78 is 5.14. The lowest BCUT2D eigenvalue weighted by atomic mass is 10.0. The summed E-state index contributed by atoms with van der Waals surface area (Å²) in [6, 6.07) is 0. The highest BCUT2D eigenvalue weighted by Crippen LogP contribution is 2.27. The first kappa shape index (κ1) is 13.9. The SMILES string of the molecule is Cc1noc(C)c1CSCC(=O)N1C[C@H]2CNC[C@H]2C1. The maximum Gasteiger partial charge on any atom is 0.232 e. The number of hydrogen-bond donors (Lipinski definition) is 1. The molecule has 2 atom stereocenters. The van der Waals surface area contributed by atoms with E-state index in [0.29, 0.717) is 17.6 Å². The number of aromatic nitrogens is 1. The largest absolute Gasteiger partial charge is 0.361 e. The Kier molecular flexibility index (Phi) is 4.03. The standard InChI is InChI=1S/C14H21N3O2S/c1-9-13(10(2)19-16-9)7-20-8-14(18)17-5-11-3-15-4-12(11)6-17/h11-12,15H,3-8H2,1-2H3/t11-,12+. The van der Waals surface area contributed by atoms with Crippen LogP contribution < -0.4 is 5.32 Å². The zero-order valence-electron chi connectivity index (χ0n) is 12.0. The molecule has 0 spiro atoms. The van der Waals surface area contributed by atoms with E-state index in [9.17, 15) is 4.79 Å². The Morgan fingerprint density at radius 1 is 1.40 bits per heavy atom. The third-order valence-corrected chi connectivity index (χ3v) is 5.34. The van der Waals surface area contributed by atoms with Crippen molar-refractivity contribution in [2.45, 2.75) is 19.6 Å². The van der Waals surface area contributed by atoms with Crippen molar-refractivity contribution in [3.63, 3.8) is 0 Å². The summed E-state index contributed by atoms with van der Waals surface area (Å²) in [4.78, 5) is 14.3. The van der Waals surface area contributed by atoms with Crippen LogP contribution in [0.1, 0.15) is 17.0 Å². The highest BCUT2D eigenvalue weighted by Gasteiger charge is 2.37. The second-order valence-electron chi connectivity index (χ2n) is 5.77. The van der Waals surface area contributed by atoms with E-state index in [1.807, 2.05) is 18.7 Å². The molecule has 0 aliphatic carbocycles. The molecule has 1 amide bonds. The Bertz CT molecular complexity index is 471. The van der Waals surface area contributed by atoms with Crippen molar-refractivity contribution in [2.24, 2.45) is 11.8 Å². The van der Waals surface area contributed by atoms with E-state index in [0.717, 1.165) is 48.9 Å². The van der Waals surface area contributed by atoms with Gasteiger partial charge in [0.25, 0.3) is 0 Å². The molecule has 0 aromatic carbocycles. The van der Waals surface area contributed by atoms with E-state index in [4.69, 9.17) is 4.52 Å². The number of carbonyl (C=O) groups is 1. The van der Waals surface area contributed by atoms with Gasteiger partial charge < -0.3 is 14.7 Å². The molecule has 0 saturated carbocycles. The molecule has 5 nitrogen and oxygen atoms in total. The molecule has 2 saturated heterocycles. The summed E-state index contributed by atoms with van der Waals surface area (Å²) in [5.41, 5.74) is 2.06. The minimum atomic E-state index is 0.274. The number of fused-ring (bicyclic) bond motifs is 1. The van der Waals surface area contributed by atoms with Crippen LogP contribution in [-0.2, 0) is 10.5 Å². The average Bonchev–Trinajstić information content (AvgIpc) is 3.07.